The summed E-state index contributed by atoms with van der Waals surface area (Å²) in [6.07, 6.45) is 2.97. The lowest BCUT2D eigenvalue weighted by molar-refractivity contribution is 0.750. The SMILES string of the molecule is CCCc1ccccc1-n1c(N)nc2c(CC)nn(C)c21. The second-order valence-corrected chi connectivity index (χ2v) is 5.28. The molecule has 0 aliphatic heterocycles. The summed E-state index contributed by atoms with van der Waals surface area (Å²) in [5, 5.41) is 4.55. The fourth-order valence-corrected chi connectivity index (χ4v) is 2.88. The van der Waals surface area contributed by atoms with Gasteiger partial charge in [0.1, 0.15) is 5.52 Å². The number of rotatable bonds is 4. The number of nitrogen functional groups attached to an aromatic ring is 1. The molecule has 2 N–H and O–H groups in total. The standard InChI is InChI=1S/C16H21N5/c1-4-8-11-9-6-7-10-13(11)21-15-14(18-16(21)17)12(5-2)19-20(15)3/h6-7,9-10H,4-5,8H2,1-3H3,(H2,17,18). The van der Waals surface area contributed by atoms with Crippen LogP contribution in [0.3, 0.4) is 0 Å². The highest BCUT2D eigenvalue weighted by Gasteiger charge is 2.19. The van der Waals surface area contributed by atoms with Crippen LogP contribution in [-0.2, 0) is 19.9 Å². The molecule has 1 aromatic carbocycles. The van der Waals surface area contributed by atoms with Crippen LogP contribution in [0.1, 0.15) is 31.5 Å². The number of hydrogen-bond donors (Lipinski definition) is 1. The highest BCUT2D eigenvalue weighted by molar-refractivity contribution is 5.80. The van der Waals surface area contributed by atoms with Gasteiger partial charge < -0.3 is 5.73 Å². The van der Waals surface area contributed by atoms with E-state index in [0.717, 1.165) is 41.8 Å². The van der Waals surface area contributed by atoms with E-state index in [1.54, 1.807) is 0 Å². The zero-order valence-electron chi connectivity index (χ0n) is 12.8. The predicted molar refractivity (Wildman–Crippen MR) is 85.6 cm³/mol. The summed E-state index contributed by atoms with van der Waals surface area (Å²) >= 11 is 0. The number of hydrogen-bond acceptors (Lipinski definition) is 3. The predicted octanol–water partition coefficient (Wildman–Crippen LogP) is 2.86. The number of aryl methyl sites for hydroxylation is 3. The molecule has 0 bridgehead atoms. The van der Waals surface area contributed by atoms with Crippen LogP contribution in [0, 0.1) is 0 Å². The zero-order chi connectivity index (χ0) is 15.0. The van der Waals surface area contributed by atoms with Crippen molar-refractivity contribution in [2.45, 2.75) is 33.1 Å². The van der Waals surface area contributed by atoms with Gasteiger partial charge in [0, 0.05) is 7.05 Å². The highest BCUT2D eigenvalue weighted by atomic mass is 15.3. The van der Waals surface area contributed by atoms with Gasteiger partial charge in [0.25, 0.3) is 0 Å². The minimum atomic E-state index is 0.524. The Morgan fingerprint density at radius 3 is 2.67 bits per heavy atom. The van der Waals surface area contributed by atoms with Crippen molar-refractivity contribution in [2.24, 2.45) is 7.05 Å². The molecule has 2 aromatic heterocycles. The Kier molecular flexibility index (Phi) is 3.41. The first kappa shape index (κ1) is 13.7. The minimum absolute atomic E-state index is 0.524. The smallest absolute Gasteiger partial charge is 0.207 e. The second kappa shape index (κ2) is 5.24. The van der Waals surface area contributed by atoms with Crippen molar-refractivity contribution in [2.75, 3.05) is 5.73 Å². The van der Waals surface area contributed by atoms with E-state index in [-0.39, 0.29) is 0 Å². The van der Waals surface area contributed by atoms with Gasteiger partial charge in [0.2, 0.25) is 5.95 Å². The second-order valence-electron chi connectivity index (χ2n) is 5.28. The molecular weight excluding hydrogens is 262 g/mol. The molecule has 0 atom stereocenters. The average molecular weight is 283 g/mol. The lowest BCUT2D eigenvalue weighted by Gasteiger charge is -2.12. The number of nitrogens with zero attached hydrogens (tertiary/aromatic N) is 4. The van der Waals surface area contributed by atoms with Gasteiger partial charge in [-0.25, -0.2) is 9.67 Å². The van der Waals surface area contributed by atoms with Gasteiger partial charge in [0.05, 0.1) is 11.4 Å². The van der Waals surface area contributed by atoms with Crippen LogP contribution < -0.4 is 5.73 Å². The van der Waals surface area contributed by atoms with Crippen LogP contribution >= 0.6 is 0 Å². The first-order valence-corrected chi connectivity index (χ1v) is 7.45. The molecule has 5 heteroatoms. The van der Waals surface area contributed by atoms with Gasteiger partial charge in [-0.3, -0.25) is 4.57 Å². The van der Waals surface area contributed by atoms with E-state index in [1.165, 1.54) is 5.56 Å². The topological polar surface area (TPSA) is 61.7 Å². The van der Waals surface area contributed by atoms with Crippen LogP contribution in [0.5, 0.6) is 0 Å². The molecule has 0 spiro atoms. The third kappa shape index (κ3) is 2.09. The van der Waals surface area contributed by atoms with Crippen molar-refractivity contribution in [1.29, 1.82) is 0 Å². The number of fused-ring (bicyclic) bond motifs is 1. The van der Waals surface area contributed by atoms with E-state index in [0.29, 0.717) is 5.95 Å². The van der Waals surface area contributed by atoms with Crippen molar-refractivity contribution in [3.05, 3.63) is 35.5 Å². The van der Waals surface area contributed by atoms with Crippen molar-refractivity contribution in [3.8, 4) is 5.69 Å². The van der Waals surface area contributed by atoms with E-state index < -0.39 is 0 Å². The normalized spacial score (nSPS) is 11.4. The summed E-state index contributed by atoms with van der Waals surface area (Å²) in [6.45, 7) is 4.27. The van der Waals surface area contributed by atoms with Gasteiger partial charge >= 0.3 is 0 Å². The van der Waals surface area contributed by atoms with Crippen LogP contribution in [0.15, 0.2) is 24.3 Å². The molecule has 0 amide bonds. The fourth-order valence-electron chi connectivity index (χ4n) is 2.88. The number of para-hydroxylation sites is 1. The summed E-state index contributed by atoms with van der Waals surface area (Å²) in [5.41, 5.74) is 11.4. The Balaban J connectivity index is 2.30. The molecule has 0 fully saturated rings. The maximum Gasteiger partial charge on any atom is 0.207 e. The van der Waals surface area contributed by atoms with Crippen LogP contribution in [-0.4, -0.2) is 19.3 Å². The average Bonchev–Trinajstić information content (AvgIpc) is 2.97. The largest absolute Gasteiger partial charge is 0.369 e. The molecule has 3 rings (SSSR count). The lowest BCUT2D eigenvalue weighted by Crippen LogP contribution is -2.07. The van der Waals surface area contributed by atoms with Gasteiger partial charge in [0.15, 0.2) is 5.65 Å². The van der Waals surface area contributed by atoms with Gasteiger partial charge in [-0.2, -0.15) is 5.10 Å². The summed E-state index contributed by atoms with van der Waals surface area (Å²) < 4.78 is 3.90. The van der Waals surface area contributed by atoms with Crippen molar-refractivity contribution in [1.82, 2.24) is 19.3 Å². The van der Waals surface area contributed by atoms with E-state index in [9.17, 15) is 0 Å². The summed E-state index contributed by atoms with van der Waals surface area (Å²) in [7, 11) is 1.95. The molecule has 0 aliphatic rings. The Morgan fingerprint density at radius 2 is 1.95 bits per heavy atom. The molecule has 110 valence electrons. The van der Waals surface area contributed by atoms with Crippen molar-refractivity contribution < 1.29 is 0 Å². The number of anilines is 1. The molecule has 0 radical (unpaired) electrons. The number of aromatic nitrogens is 4. The minimum Gasteiger partial charge on any atom is -0.369 e. The third-order valence-corrected chi connectivity index (χ3v) is 3.82. The maximum atomic E-state index is 6.20. The molecular formula is C16H21N5. The fraction of sp³-hybridized carbons (Fsp3) is 0.375. The van der Waals surface area contributed by atoms with Crippen molar-refractivity contribution >= 4 is 17.1 Å². The van der Waals surface area contributed by atoms with Crippen LogP contribution in [0.2, 0.25) is 0 Å². The Hall–Kier alpha value is -2.30. The Morgan fingerprint density at radius 1 is 1.19 bits per heavy atom. The summed E-state index contributed by atoms with van der Waals surface area (Å²) in [4.78, 5) is 4.54. The van der Waals surface area contributed by atoms with E-state index in [2.05, 4.69) is 42.1 Å². The highest BCUT2D eigenvalue weighted by Crippen LogP contribution is 2.27. The van der Waals surface area contributed by atoms with E-state index in [1.807, 2.05) is 22.4 Å². The quantitative estimate of drug-likeness (QED) is 0.801. The summed E-state index contributed by atoms with van der Waals surface area (Å²) in [6, 6.07) is 8.36. The first-order chi connectivity index (χ1) is 10.2. The zero-order valence-corrected chi connectivity index (χ0v) is 12.8. The molecule has 2 heterocycles. The molecule has 5 nitrogen and oxygen atoms in total. The third-order valence-electron chi connectivity index (χ3n) is 3.82. The van der Waals surface area contributed by atoms with E-state index in [4.69, 9.17) is 5.73 Å². The van der Waals surface area contributed by atoms with Crippen LogP contribution in [0.25, 0.3) is 16.9 Å². The number of benzene rings is 1. The van der Waals surface area contributed by atoms with E-state index >= 15 is 0 Å². The van der Waals surface area contributed by atoms with Gasteiger partial charge in [-0.1, -0.05) is 38.5 Å². The lowest BCUT2D eigenvalue weighted by atomic mass is 10.1. The van der Waals surface area contributed by atoms with Gasteiger partial charge in [-0.05, 0) is 24.5 Å². The number of nitrogens with two attached hydrogens (primary N) is 1. The molecule has 0 saturated heterocycles. The monoisotopic (exact) mass is 283 g/mol. The Labute approximate surface area is 124 Å². The molecule has 0 unspecified atom stereocenters. The molecule has 0 aliphatic carbocycles. The first-order valence-electron chi connectivity index (χ1n) is 7.45. The van der Waals surface area contributed by atoms with Crippen molar-refractivity contribution in [3.63, 3.8) is 0 Å². The molecule has 21 heavy (non-hydrogen) atoms. The molecule has 3 aromatic rings. The Bertz CT molecular complexity index is 781. The molecule has 0 saturated carbocycles. The maximum absolute atomic E-state index is 6.20. The number of imidazole rings is 1. The van der Waals surface area contributed by atoms with Gasteiger partial charge in [-0.15, -0.1) is 0 Å². The van der Waals surface area contributed by atoms with Crippen LogP contribution in [0.4, 0.5) is 5.95 Å². The summed E-state index contributed by atoms with van der Waals surface area (Å²) in [5.74, 6) is 0.524.